The molecular weight excluding hydrogens is 298 g/mol. The van der Waals surface area contributed by atoms with Gasteiger partial charge in [0.15, 0.2) is 0 Å². The lowest BCUT2D eigenvalue weighted by molar-refractivity contribution is 0.0920. The van der Waals surface area contributed by atoms with E-state index in [1.54, 1.807) is 31.4 Å². The number of rotatable bonds is 6. The lowest BCUT2D eigenvalue weighted by Gasteiger charge is -2.12. The molecule has 0 aliphatic rings. The van der Waals surface area contributed by atoms with Crippen LogP contribution in [0.15, 0.2) is 30.3 Å². The monoisotopic (exact) mass is 319 g/mol. The Labute approximate surface area is 134 Å². The second kappa shape index (κ2) is 7.42. The second-order valence-corrected chi connectivity index (χ2v) is 6.21. The van der Waals surface area contributed by atoms with Gasteiger partial charge in [0.1, 0.15) is 5.75 Å². The zero-order valence-electron chi connectivity index (χ0n) is 13.1. The molecule has 1 heterocycles. The Morgan fingerprint density at radius 3 is 2.59 bits per heavy atom. The van der Waals surface area contributed by atoms with Crippen LogP contribution in [0.1, 0.15) is 38.7 Å². The van der Waals surface area contributed by atoms with Crippen LogP contribution >= 0.6 is 11.3 Å². The van der Waals surface area contributed by atoms with Gasteiger partial charge < -0.3 is 15.2 Å². The zero-order valence-corrected chi connectivity index (χ0v) is 13.9. The molecule has 1 unspecified atom stereocenters. The lowest BCUT2D eigenvalue weighted by atomic mass is 10.1. The third-order valence-electron chi connectivity index (χ3n) is 3.52. The van der Waals surface area contributed by atoms with E-state index in [2.05, 4.69) is 12.2 Å². The van der Waals surface area contributed by atoms with Crippen molar-refractivity contribution in [3.63, 3.8) is 0 Å². The van der Waals surface area contributed by atoms with Gasteiger partial charge in [0.05, 0.1) is 18.1 Å². The minimum absolute atomic E-state index is 0.139. The molecule has 1 aromatic carbocycles. The van der Waals surface area contributed by atoms with Crippen LogP contribution in [0.3, 0.4) is 0 Å². The molecule has 0 aliphatic carbocycles. The van der Waals surface area contributed by atoms with Crippen molar-refractivity contribution in [3.8, 4) is 5.75 Å². The van der Waals surface area contributed by atoms with Gasteiger partial charge in [-0.3, -0.25) is 4.79 Å². The smallest absolute Gasteiger partial charge is 0.261 e. The van der Waals surface area contributed by atoms with Crippen LogP contribution < -0.4 is 10.1 Å². The first-order valence-corrected chi connectivity index (χ1v) is 8.06. The molecular formula is C17H21NO3S. The minimum atomic E-state index is -0.735. The van der Waals surface area contributed by atoms with E-state index in [1.165, 1.54) is 16.2 Å². The Bertz CT molecular complexity index is 634. The summed E-state index contributed by atoms with van der Waals surface area (Å²) in [5, 5.41) is 12.9. The molecule has 0 spiro atoms. The minimum Gasteiger partial charge on any atom is -0.497 e. The van der Waals surface area contributed by atoms with Gasteiger partial charge in [-0.25, -0.2) is 0 Å². The van der Waals surface area contributed by atoms with Crippen molar-refractivity contribution in [2.45, 2.75) is 26.4 Å². The Balaban J connectivity index is 1.94. The molecule has 0 aliphatic heterocycles. The maximum absolute atomic E-state index is 12.1. The van der Waals surface area contributed by atoms with Gasteiger partial charge in [0, 0.05) is 11.4 Å². The molecule has 5 heteroatoms. The molecule has 1 atom stereocenters. The van der Waals surface area contributed by atoms with Crippen LogP contribution in [0.5, 0.6) is 5.75 Å². The average Bonchev–Trinajstić information content (AvgIpc) is 2.93. The average molecular weight is 319 g/mol. The normalized spacial score (nSPS) is 12.0. The summed E-state index contributed by atoms with van der Waals surface area (Å²) in [7, 11) is 1.60. The van der Waals surface area contributed by atoms with E-state index in [0.29, 0.717) is 4.88 Å². The Morgan fingerprint density at radius 2 is 2.05 bits per heavy atom. The number of amides is 1. The summed E-state index contributed by atoms with van der Waals surface area (Å²) in [5.41, 5.74) is 1.89. The Hall–Kier alpha value is -1.85. The summed E-state index contributed by atoms with van der Waals surface area (Å²) < 4.78 is 5.08. The summed E-state index contributed by atoms with van der Waals surface area (Å²) in [6.45, 7) is 4.27. The van der Waals surface area contributed by atoms with E-state index in [9.17, 15) is 9.90 Å². The number of thiophene rings is 1. The van der Waals surface area contributed by atoms with Gasteiger partial charge in [0.2, 0.25) is 0 Å². The highest BCUT2D eigenvalue weighted by Gasteiger charge is 2.14. The topological polar surface area (TPSA) is 58.6 Å². The maximum atomic E-state index is 12.1. The number of aryl methyl sites for hydroxylation is 2. The number of hydrogen-bond donors (Lipinski definition) is 2. The van der Waals surface area contributed by atoms with Gasteiger partial charge >= 0.3 is 0 Å². The number of hydrogen-bond acceptors (Lipinski definition) is 4. The van der Waals surface area contributed by atoms with E-state index in [0.717, 1.165) is 23.3 Å². The molecule has 0 fully saturated rings. The summed E-state index contributed by atoms with van der Waals surface area (Å²) in [6.07, 6.45) is 0.194. The zero-order chi connectivity index (χ0) is 16.1. The van der Waals surface area contributed by atoms with Crippen molar-refractivity contribution in [2.24, 2.45) is 0 Å². The van der Waals surface area contributed by atoms with Crippen LogP contribution in [0.2, 0.25) is 0 Å². The fourth-order valence-corrected chi connectivity index (χ4v) is 3.23. The third-order valence-corrected chi connectivity index (χ3v) is 4.90. The predicted molar refractivity (Wildman–Crippen MR) is 88.7 cm³/mol. The highest BCUT2D eigenvalue weighted by atomic mass is 32.1. The third kappa shape index (κ3) is 3.87. The summed E-state index contributed by atoms with van der Waals surface area (Å²) in [4.78, 5) is 14.0. The fourth-order valence-electron chi connectivity index (χ4n) is 2.20. The van der Waals surface area contributed by atoms with Gasteiger partial charge in [0.25, 0.3) is 5.91 Å². The van der Waals surface area contributed by atoms with E-state index < -0.39 is 6.10 Å². The molecule has 1 amide bonds. The van der Waals surface area contributed by atoms with Crippen LogP contribution in [-0.2, 0) is 6.42 Å². The number of ether oxygens (including phenoxy) is 1. The molecule has 1 aromatic heterocycles. The first-order chi connectivity index (χ1) is 10.5. The first-order valence-electron chi connectivity index (χ1n) is 7.24. The molecule has 0 saturated heterocycles. The highest BCUT2D eigenvalue weighted by molar-refractivity contribution is 7.14. The van der Waals surface area contributed by atoms with Crippen molar-refractivity contribution >= 4 is 17.2 Å². The summed E-state index contributed by atoms with van der Waals surface area (Å²) in [5.74, 6) is 0.599. The molecule has 2 rings (SSSR count). The first kappa shape index (κ1) is 16.5. The standard InChI is InChI=1S/C17H21NO3S/c1-4-15-11(2)9-16(22-15)17(20)18-10-14(19)12-5-7-13(21-3)8-6-12/h5-9,14,19H,4,10H2,1-3H3,(H,18,20). The lowest BCUT2D eigenvalue weighted by Crippen LogP contribution is -2.27. The van der Waals surface area contributed by atoms with Crippen molar-refractivity contribution in [3.05, 3.63) is 51.2 Å². The van der Waals surface area contributed by atoms with E-state index in [1.807, 2.05) is 13.0 Å². The van der Waals surface area contributed by atoms with Crippen molar-refractivity contribution in [2.75, 3.05) is 13.7 Å². The number of carbonyl (C=O) groups excluding carboxylic acids is 1. The molecule has 2 N–H and O–H groups in total. The van der Waals surface area contributed by atoms with E-state index in [-0.39, 0.29) is 12.5 Å². The molecule has 4 nitrogen and oxygen atoms in total. The summed E-state index contributed by atoms with van der Waals surface area (Å²) >= 11 is 1.51. The van der Waals surface area contributed by atoms with Crippen LogP contribution in [0.4, 0.5) is 0 Å². The van der Waals surface area contributed by atoms with Gasteiger partial charge in [-0.05, 0) is 42.7 Å². The number of nitrogens with one attached hydrogen (secondary N) is 1. The predicted octanol–water partition coefficient (Wildman–Crippen LogP) is 3.09. The van der Waals surface area contributed by atoms with Crippen LogP contribution in [-0.4, -0.2) is 24.7 Å². The Kier molecular flexibility index (Phi) is 5.57. The molecule has 118 valence electrons. The molecule has 2 aromatic rings. The molecule has 22 heavy (non-hydrogen) atoms. The van der Waals surface area contributed by atoms with E-state index in [4.69, 9.17) is 4.74 Å². The largest absolute Gasteiger partial charge is 0.497 e. The molecule has 0 radical (unpaired) electrons. The summed E-state index contributed by atoms with van der Waals surface area (Å²) in [6, 6.07) is 9.06. The number of carbonyl (C=O) groups is 1. The SMILES string of the molecule is CCc1sc(C(=O)NCC(O)c2ccc(OC)cc2)cc1C. The van der Waals surface area contributed by atoms with Gasteiger partial charge in [-0.15, -0.1) is 11.3 Å². The van der Waals surface area contributed by atoms with Gasteiger partial charge in [-0.2, -0.15) is 0 Å². The van der Waals surface area contributed by atoms with Crippen molar-refractivity contribution < 1.29 is 14.6 Å². The quantitative estimate of drug-likeness (QED) is 0.860. The van der Waals surface area contributed by atoms with Crippen molar-refractivity contribution in [1.29, 1.82) is 0 Å². The second-order valence-electron chi connectivity index (χ2n) is 5.07. The number of methoxy groups -OCH3 is 1. The number of aliphatic hydroxyl groups excluding tert-OH is 1. The fraction of sp³-hybridized carbons (Fsp3) is 0.353. The maximum Gasteiger partial charge on any atom is 0.261 e. The highest BCUT2D eigenvalue weighted by Crippen LogP contribution is 2.22. The van der Waals surface area contributed by atoms with Crippen LogP contribution in [0, 0.1) is 6.92 Å². The molecule has 0 saturated carbocycles. The van der Waals surface area contributed by atoms with Crippen molar-refractivity contribution in [1.82, 2.24) is 5.32 Å². The molecule has 0 bridgehead atoms. The van der Waals surface area contributed by atoms with Gasteiger partial charge in [-0.1, -0.05) is 19.1 Å². The van der Waals surface area contributed by atoms with E-state index >= 15 is 0 Å². The number of benzene rings is 1. The Morgan fingerprint density at radius 1 is 1.36 bits per heavy atom. The van der Waals surface area contributed by atoms with Crippen LogP contribution in [0.25, 0.3) is 0 Å². The number of aliphatic hydroxyl groups is 1.